The van der Waals surface area contributed by atoms with Gasteiger partial charge < -0.3 is 10.3 Å². The summed E-state index contributed by atoms with van der Waals surface area (Å²) in [5.74, 6) is -0.150. The maximum atomic E-state index is 12.6. The first-order valence-corrected chi connectivity index (χ1v) is 8.75. The topological polar surface area (TPSA) is 44.9 Å². The van der Waals surface area contributed by atoms with Gasteiger partial charge in [0.1, 0.15) is 0 Å². The third-order valence-electron chi connectivity index (χ3n) is 4.62. The van der Waals surface area contributed by atoms with Crippen molar-refractivity contribution in [2.45, 2.75) is 25.3 Å². The molecule has 2 N–H and O–H groups in total. The van der Waals surface area contributed by atoms with E-state index in [1.54, 1.807) is 12.1 Å². The van der Waals surface area contributed by atoms with E-state index < -0.39 is 0 Å². The van der Waals surface area contributed by atoms with Gasteiger partial charge in [0.25, 0.3) is 5.91 Å². The van der Waals surface area contributed by atoms with Crippen LogP contribution in [0.5, 0.6) is 0 Å². The van der Waals surface area contributed by atoms with Crippen LogP contribution < -0.4 is 5.32 Å². The molecule has 1 aromatic heterocycles. The van der Waals surface area contributed by atoms with Crippen molar-refractivity contribution < 1.29 is 4.79 Å². The van der Waals surface area contributed by atoms with Crippen LogP contribution in [0.25, 0.3) is 10.9 Å². The smallest absolute Gasteiger partial charge is 0.253 e. The van der Waals surface area contributed by atoms with Crippen molar-refractivity contribution in [1.29, 1.82) is 0 Å². The SMILES string of the molecule is O=C(N[C@@H]1CCCc2c1[nH]c1c(Cl)cccc21)c1ccccc1Cl. The molecule has 3 aromatic rings. The molecule has 0 unspecified atom stereocenters. The van der Waals surface area contributed by atoms with Crippen molar-refractivity contribution in [2.24, 2.45) is 0 Å². The minimum Gasteiger partial charge on any atom is -0.355 e. The molecule has 3 nitrogen and oxygen atoms in total. The molecule has 4 rings (SSSR count). The van der Waals surface area contributed by atoms with Crippen LogP contribution in [0, 0.1) is 0 Å². The fourth-order valence-electron chi connectivity index (χ4n) is 3.48. The van der Waals surface area contributed by atoms with Gasteiger partial charge in [0.15, 0.2) is 0 Å². The van der Waals surface area contributed by atoms with Crippen LogP contribution >= 0.6 is 23.2 Å². The predicted octanol–water partition coefficient (Wildman–Crippen LogP) is 5.28. The molecule has 0 saturated carbocycles. The van der Waals surface area contributed by atoms with Crippen LogP contribution in [-0.4, -0.2) is 10.9 Å². The number of para-hydroxylation sites is 1. The summed E-state index contributed by atoms with van der Waals surface area (Å²) < 4.78 is 0. The summed E-state index contributed by atoms with van der Waals surface area (Å²) in [6.07, 6.45) is 2.92. The minimum absolute atomic E-state index is 0.0546. The van der Waals surface area contributed by atoms with E-state index in [4.69, 9.17) is 23.2 Å². The Balaban J connectivity index is 1.70. The van der Waals surface area contributed by atoms with E-state index in [1.165, 1.54) is 5.56 Å². The quantitative estimate of drug-likeness (QED) is 0.642. The molecule has 122 valence electrons. The van der Waals surface area contributed by atoms with Gasteiger partial charge in [-0.15, -0.1) is 0 Å². The largest absolute Gasteiger partial charge is 0.355 e. The fourth-order valence-corrected chi connectivity index (χ4v) is 3.92. The zero-order valence-corrected chi connectivity index (χ0v) is 14.4. The van der Waals surface area contributed by atoms with E-state index in [0.717, 1.165) is 35.9 Å². The standard InChI is InChI=1S/C19H16Cl2N2O/c20-14-8-2-1-5-13(14)19(24)22-16-10-4-7-12-11-6-3-9-15(21)17(11)23-18(12)16/h1-3,5-6,8-9,16,23H,4,7,10H2,(H,22,24)/t16-/m1/s1. The lowest BCUT2D eigenvalue weighted by molar-refractivity contribution is 0.0932. The van der Waals surface area contributed by atoms with E-state index in [2.05, 4.69) is 16.4 Å². The third kappa shape index (κ3) is 2.58. The maximum Gasteiger partial charge on any atom is 0.253 e. The van der Waals surface area contributed by atoms with Gasteiger partial charge in [-0.05, 0) is 43.0 Å². The number of carbonyl (C=O) groups excluding carboxylic acids is 1. The third-order valence-corrected chi connectivity index (χ3v) is 5.26. The Morgan fingerprint density at radius 2 is 1.88 bits per heavy atom. The summed E-state index contributed by atoms with van der Waals surface area (Å²) in [5, 5.41) is 5.43. The second-order valence-corrected chi connectivity index (χ2v) is 6.89. The van der Waals surface area contributed by atoms with Crippen LogP contribution in [0.1, 0.15) is 40.5 Å². The highest BCUT2D eigenvalue weighted by atomic mass is 35.5. The zero-order valence-electron chi connectivity index (χ0n) is 12.9. The average molecular weight is 359 g/mol. The Kier molecular flexibility index (Phi) is 3.99. The summed E-state index contributed by atoms with van der Waals surface area (Å²) >= 11 is 12.4. The van der Waals surface area contributed by atoms with Gasteiger partial charge in [0, 0.05) is 11.1 Å². The molecule has 1 aliphatic carbocycles. The summed E-state index contributed by atoms with van der Waals surface area (Å²) in [6.45, 7) is 0. The number of hydrogen-bond donors (Lipinski definition) is 2. The Labute approximate surface area is 150 Å². The summed E-state index contributed by atoms with van der Waals surface area (Å²) in [4.78, 5) is 16.0. The number of halogens is 2. The molecule has 1 aliphatic rings. The number of rotatable bonds is 2. The molecule has 0 radical (unpaired) electrons. The van der Waals surface area contributed by atoms with Crippen molar-refractivity contribution in [3.63, 3.8) is 0 Å². The number of benzene rings is 2. The number of H-pyrrole nitrogens is 1. The molecule has 0 bridgehead atoms. The average Bonchev–Trinajstić information content (AvgIpc) is 2.97. The van der Waals surface area contributed by atoms with Crippen molar-refractivity contribution >= 4 is 40.0 Å². The Morgan fingerprint density at radius 1 is 1.08 bits per heavy atom. The van der Waals surface area contributed by atoms with E-state index in [1.807, 2.05) is 24.3 Å². The fraction of sp³-hybridized carbons (Fsp3) is 0.211. The van der Waals surface area contributed by atoms with E-state index in [-0.39, 0.29) is 11.9 Å². The van der Waals surface area contributed by atoms with Crippen LogP contribution in [0.15, 0.2) is 42.5 Å². The van der Waals surface area contributed by atoms with Gasteiger partial charge in [-0.2, -0.15) is 0 Å². The van der Waals surface area contributed by atoms with E-state index in [9.17, 15) is 4.79 Å². The predicted molar refractivity (Wildman–Crippen MR) is 97.9 cm³/mol. The van der Waals surface area contributed by atoms with Gasteiger partial charge in [-0.3, -0.25) is 4.79 Å². The summed E-state index contributed by atoms with van der Waals surface area (Å²) in [6, 6.07) is 13.0. The van der Waals surface area contributed by atoms with Crippen molar-refractivity contribution in [3.8, 4) is 0 Å². The number of nitrogens with one attached hydrogen (secondary N) is 2. The first kappa shape index (κ1) is 15.6. The number of hydrogen-bond acceptors (Lipinski definition) is 1. The molecular weight excluding hydrogens is 343 g/mol. The monoisotopic (exact) mass is 358 g/mol. The highest BCUT2D eigenvalue weighted by Crippen LogP contribution is 2.37. The highest BCUT2D eigenvalue weighted by Gasteiger charge is 2.26. The molecule has 1 heterocycles. The molecular formula is C19H16Cl2N2O. The minimum atomic E-state index is -0.150. The van der Waals surface area contributed by atoms with Crippen LogP contribution in [0.2, 0.25) is 10.0 Å². The second kappa shape index (κ2) is 6.15. The number of carbonyl (C=O) groups is 1. The van der Waals surface area contributed by atoms with Crippen molar-refractivity contribution in [1.82, 2.24) is 10.3 Å². The van der Waals surface area contributed by atoms with Gasteiger partial charge >= 0.3 is 0 Å². The first-order chi connectivity index (χ1) is 11.6. The number of aryl methyl sites for hydroxylation is 1. The highest BCUT2D eigenvalue weighted by molar-refractivity contribution is 6.35. The summed E-state index contributed by atoms with van der Waals surface area (Å²) in [5.41, 5.74) is 3.76. The summed E-state index contributed by atoms with van der Waals surface area (Å²) in [7, 11) is 0. The Morgan fingerprint density at radius 3 is 2.71 bits per heavy atom. The molecule has 0 fully saturated rings. The molecule has 1 amide bonds. The van der Waals surface area contributed by atoms with Crippen molar-refractivity contribution in [2.75, 3.05) is 0 Å². The van der Waals surface area contributed by atoms with Gasteiger partial charge in [0.2, 0.25) is 0 Å². The lowest BCUT2D eigenvalue weighted by Crippen LogP contribution is -2.31. The second-order valence-electron chi connectivity index (χ2n) is 6.08. The normalized spacial score (nSPS) is 16.8. The number of amides is 1. The lowest BCUT2D eigenvalue weighted by Gasteiger charge is -2.24. The zero-order chi connectivity index (χ0) is 16.7. The molecule has 24 heavy (non-hydrogen) atoms. The molecule has 2 aromatic carbocycles. The van der Waals surface area contributed by atoms with Gasteiger partial charge in [0.05, 0.1) is 27.2 Å². The lowest BCUT2D eigenvalue weighted by atomic mass is 9.91. The first-order valence-electron chi connectivity index (χ1n) is 7.99. The van der Waals surface area contributed by atoms with Gasteiger partial charge in [-0.25, -0.2) is 0 Å². The maximum absolute atomic E-state index is 12.6. The molecule has 5 heteroatoms. The number of aromatic nitrogens is 1. The Hall–Kier alpha value is -1.97. The molecule has 1 atom stereocenters. The van der Waals surface area contributed by atoms with E-state index >= 15 is 0 Å². The number of fused-ring (bicyclic) bond motifs is 3. The van der Waals surface area contributed by atoms with Crippen molar-refractivity contribution in [3.05, 3.63) is 69.3 Å². The van der Waals surface area contributed by atoms with Crippen LogP contribution in [-0.2, 0) is 6.42 Å². The van der Waals surface area contributed by atoms with Gasteiger partial charge in [-0.1, -0.05) is 47.5 Å². The van der Waals surface area contributed by atoms with Crippen LogP contribution in [0.4, 0.5) is 0 Å². The number of aromatic amines is 1. The molecule has 0 saturated heterocycles. The molecule has 0 spiro atoms. The van der Waals surface area contributed by atoms with E-state index in [0.29, 0.717) is 15.6 Å². The molecule has 0 aliphatic heterocycles. The van der Waals surface area contributed by atoms with Crippen LogP contribution in [0.3, 0.4) is 0 Å². The Bertz CT molecular complexity index is 932.